The van der Waals surface area contributed by atoms with Crippen LogP contribution in [0.25, 0.3) is 0 Å². The van der Waals surface area contributed by atoms with Crippen LogP contribution < -0.4 is 0 Å². The van der Waals surface area contributed by atoms with Crippen molar-refractivity contribution in [2.24, 2.45) is 0 Å². The molecule has 0 spiro atoms. The van der Waals surface area contributed by atoms with E-state index in [0.29, 0.717) is 24.7 Å². The summed E-state index contributed by atoms with van der Waals surface area (Å²) in [5.74, 6) is 0.384. The summed E-state index contributed by atoms with van der Waals surface area (Å²) in [6.07, 6.45) is 0.207. The molecule has 0 saturated carbocycles. The summed E-state index contributed by atoms with van der Waals surface area (Å²) in [5, 5.41) is 0. The number of hydrogen-bond donors (Lipinski definition) is 0. The number of hydrogen-bond acceptors (Lipinski definition) is 4. The van der Waals surface area contributed by atoms with E-state index in [2.05, 4.69) is 0 Å². The maximum absolute atomic E-state index is 12.7. The monoisotopic (exact) mass is 313 g/mol. The Labute approximate surface area is 128 Å². The molecule has 6 heteroatoms. The molecule has 116 valence electrons. The summed E-state index contributed by atoms with van der Waals surface area (Å²) in [7, 11) is 1.67. The van der Waals surface area contributed by atoms with Gasteiger partial charge in [0.25, 0.3) is 0 Å². The van der Waals surface area contributed by atoms with E-state index < -0.39 is 0 Å². The van der Waals surface area contributed by atoms with E-state index in [0.717, 1.165) is 5.56 Å². The van der Waals surface area contributed by atoms with Gasteiger partial charge in [-0.15, -0.1) is 11.8 Å². The molecule has 1 aromatic carbocycles. The van der Waals surface area contributed by atoms with Crippen LogP contribution in [0, 0.1) is 5.82 Å². The second kappa shape index (κ2) is 9.39. The van der Waals surface area contributed by atoms with Crippen LogP contribution in [0.5, 0.6) is 0 Å². The average molecular weight is 313 g/mol. The van der Waals surface area contributed by atoms with Crippen molar-refractivity contribution in [3.05, 3.63) is 35.6 Å². The molecule has 0 aliphatic rings. The fourth-order valence-corrected chi connectivity index (χ4v) is 2.49. The number of rotatable bonds is 8. The van der Waals surface area contributed by atoms with Gasteiger partial charge in [-0.3, -0.25) is 9.59 Å². The molecule has 1 amide bonds. The molecule has 0 fully saturated rings. The lowest BCUT2D eigenvalue weighted by molar-refractivity contribution is -0.143. The molecular formula is C15H20FNO3S. The fourth-order valence-electron chi connectivity index (χ4n) is 1.56. The summed E-state index contributed by atoms with van der Waals surface area (Å²) in [5.41, 5.74) is 0.975. The zero-order chi connectivity index (χ0) is 15.7. The number of carbonyl (C=O) groups is 2. The summed E-state index contributed by atoms with van der Waals surface area (Å²) < 4.78 is 17.6. The fraction of sp³-hybridized carbons (Fsp3) is 0.467. The van der Waals surface area contributed by atoms with Crippen LogP contribution in [0.15, 0.2) is 24.3 Å². The highest BCUT2D eigenvalue weighted by atomic mass is 32.2. The molecular weight excluding hydrogens is 293 g/mol. The molecule has 0 saturated heterocycles. The van der Waals surface area contributed by atoms with Crippen LogP contribution in [-0.4, -0.2) is 42.7 Å². The number of halogens is 1. The van der Waals surface area contributed by atoms with Crippen LogP contribution in [0.3, 0.4) is 0 Å². The van der Waals surface area contributed by atoms with Gasteiger partial charge in [0, 0.05) is 19.3 Å². The third kappa shape index (κ3) is 7.13. The molecule has 0 bridgehead atoms. The molecule has 0 heterocycles. The van der Waals surface area contributed by atoms with Crippen molar-refractivity contribution < 1.29 is 18.7 Å². The standard InChI is InChI=1S/C15H20FNO3S/c1-3-20-15(19)8-9-17(2)14(18)11-21-10-12-4-6-13(16)7-5-12/h4-7H,3,8-11H2,1-2H3. The Bertz CT molecular complexity index is 464. The predicted molar refractivity (Wildman–Crippen MR) is 81.4 cm³/mol. The Morgan fingerprint density at radius 3 is 2.57 bits per heavy atom. The van der Waals surface area contributed by atoms with Crippen LogP contribution in [-0.2, 0) is 20.1 Å². The van der Waals surface area contributed by atoms with Crippen LogP contribution in [0.2, 0.25) is 0 Å². The summed E-state index contributed by atoms with van der Waals surface area (Å²) >= 11 is 1.46. The number of esters is 1. The first kappa shape index (κ1) is 17.5. The molecule has 0 atom stereocenters. The molecule has 1 rings (SSSR count). The first-order valence-corrected chi connectivity index (χ1v) is 7.90. The lowest BCUT2D eigenvalue weighted by Crippen LogP contribution is -2.30. The minimum atomic E-state index is -0.295. The van der Waals surface area contributed by atoms with Crippen molar-refractivity contribution in [3.63, 3.8) is 0 Å². The lowest BCUT2D eigenvalue weighted by Gasteiger charge is -2.16. The average Bonchev–Trinajstić information content (AvgIpc) is 2.47. The molecule has 4 nitrogen and oxygen atoms in total. The van der Waals surface area contributed by atoms with E-state index in [1.807, 2.05) is 0 Å². The van der Waals surface area contributed by atoms with Gasteiger partial charge >= 0.3 is 5.97 Å². The smallest absolute Gasteiger partial charge is 0.307 e. The van der Waals surface area contributed by atoms with E-state index >= 15 is 0 Å². The molecule has 0 aliphatic heterocycles. The van der Waals surface area contributed by atoms with E-state index in [1.54, 1.807) is 26.1 Å². The third-order valence-electron chi connectivity index (χ3n) is 2.79. The number of amides is 1. The van der Waals surface area contributed by atoms with Gasteiger partial charge in [0.2, 0.25) is 5.91 Å². The van der Waals surface area contributed by atoms with Crippen LogP contribution >= 0.6 is 11.8 Å². The van der Waals surface area contributed by atoms with Crippen molar-refractivity contribution in [3.8, 4) is 0 Å². The van der Waals surface area contributed by atoms with Gasteiger partial charge in [-0.1, -0.05) is 12.1 Å². The first-order chi connectivity index (χ1) is 10.0. The van der Waals surface area contributed by atoms with Crippen molar-refractivity contribution in [1.82, 2.24) is 4.90 Å². The Kier molecular flexibility index (Phi) is 7.82. The first-order valence-electron chi connectivity index (χ1n) is 6.74. The second-order valence-electron chi connectivity index (χ2n) is 4.49. The highest BCUT2D eigenvalue weighted by Gasteiger charge is 2.11. The van der Waals surface area contributed by atoms with Gasteiger partial charge < -0.3 is 9.64 Å². The van der Waals surface area contributed by atoms with Gasteiger partial charge in [-0.25, -0.2) is 4.39 Å². The minimum absolute atomic E-state index is 0.0357. The third-order valence-corrected chi connectivity index (χ3v) is 3.78. The lowest BCUT2D eigenvalue weighted by atomic mass is 10.2. The van der Waals surface area contributed by atoms with Crippen molar-refractivity contribution in [2.45, 2.75) is 19.1 Å². The second-order valence-corrected chi connectivity index (χ2v) is 5.48. The highest BCUT2D eigenvalue weighted by Crippen LogP contribution is 2.13. The largest absolute Gasteiger partial charge is 0.466 e. The summed E-state index contributed by atoms with van der Waals surface area (Å²) in [4.78, 5) is 24.6. The summed E-state index contributed by atoms with van der Waals surface area (Å²) in [6, 6.07) is 6.22. The molecule has 1 aromatic rings. The van der Waals surface area contributed by atoms with Gasteiger partial charge in [-0.05, 0) is 24.6 Å². The number of thioether (sulfide) groups is 1. The summed E-state index contributed by atoms with van der Waals surface area (Å²) in [6.45, 7) is 2.46. The number of benzene rings is 1. The quantitative estimate of drug-likeness (QED) is 0.692. The maximum Gasteiger partial charge on any atom is 0.307 e. The Hall–Kier alpha value is -1.56. The predicted octanol–water partition coefficient (Wildman–Crippen LogP) is 2.47. The van der Waals surface area contributed by atoms with Crippen molar-refractivity contribution >= 4 is 23.6 Å². The van der Waals surface area contributed by atoms with E-state index in [4.69, 9.17) is 4.74 Å². The number of carbonyl (C=O) groups excluding carboxylic acids is 2. The molecule has 0 unspecified atom stereocenters. The molecule has 0 N–H and O–H groups in total. The number of ether oxygens (including phenoxy) is 1. The minimum Gasteiger partial charge on any atom is -0.466 e. The highest BCUT2D eigenvalue weighted by molar-refractivity contribution is 7.99. The van der Waals surface area contributed by atoms with Gasteiger partial charge in [0.15, 0.2) is 0 Å². The molecule has 0 aromatic heterocycles. The molecule has 21 heavy (non-hydrogen) atoms. The van der Waals surface area contributed by atoms with Gasteiger partial charge in [-0.2, -0.15) is 0 Å². The van der Waals surface area contributed by atoms with Gasteiger partial charge in [0.1, 0.15) is 5.82 Å². The van der Waals surface area contributed by atoms with Gasteiger partial charge in [0.05, 0.1) is 18.8 Å². The Morgan fingerprint density at radius 2 is 1.95 bits per heavy atom. The van der Waals surface area contributed by atoms with E-state index in [9.17, 15) is 14.0 Å². The molecule has 0 aliphatic carbocycles. The number of nitrogens with zero attached hydrogens (tertiary/aromatic N) is 1. The van der Waals surface area contributed by atoms with Crippen LogP contribution in [0.1, 0.15) is 18.9 Å². The zero-order valence-electron chi connectivity index (χ0n) is 12.3. The van der Waals surface area contributed by atoms with Crippen LogP contribution in [0.4, 0.5) is 4.39 Å². The Balaban J connectivity index is 2.23. The maximum atomic E-state index is 12.7. The van der Waals surface area contributed by atoms with Crippen molar-refractivity contribution in [1.29, 1.82) is 0 Å². The Morgan fingerprint density at radius 1 is 1.29 bits per heavy atom. The SMILES string of the molecule is CCOC(=O)CCN(C)C(=O)CSCc1ccc(F)cc1. The normalized spacial score (nSPS) is 10.2. The zero-order valence-corrected chi connectivity index (χ0v) is 13.1. The van der Waals surface area contributed by atoms with Crippen molar-refractivity contribution in [2.75, 3.05) is 26.0 Å². The topological polar surface area (TPSA) is 46.6 Å². The van der Waals surface area contributed by atoms with E-state index in [-0.39, 0.29) is 24.1 Å². The molecule has 0 radical (unpaired) electrons. The van der Waals surface area contributed by atoms with E-state index in [1.165, 1.54) is 28.8 Å².